The normalized spacial score (nSPS) is 15.4. The number of sulfonamides is 1. The summed E-state index contributed by atoms with van der Waals surface area (Å²) in [4.78, 5) is 16.0. The number of nitrogens with one attached hydrogen (secondary N) is 3. The van der Waals surface area contributed by atoms with Gasteiger partial charge in [-0.3, -0.25) is 4.79 Å². The zero-order valence-corrected chi connectivity index (χ0v) is 18.4. The number of carbonyl (C=O) groups excluding carboxylic acids is 1. The van der Waals surface area contributed by atoms with Crippen LogP contribution in [0.5, 0.6) is 5.75 Å². The van der Waals surface area contributed by atoms with E-state index in [4.69, 9.17) is 4.52 Å². The minimum atomic E-state index is -3.78. The zero-order chi connectivity index (χ0) is 22.9. The van der Waals surface area contributed by atoms with Gasteiger partial charge in [0.25, 0.3) is 5.89 Å². The molecule has 1 aromatic heterocycles. The summed E-state index contributed by atoms with van der Waals surface area (Å²) < 4.78 is 32.7. The molecule has 11 heteroatoms. The molecule has 1 amide bonds. The molecule has 10 nitrogen and oxygen atoms in total. The van der Waals surface area contributed by atoms with Gasteiger partial charge < -0.3 is 20.3 Å². The summed E-state index contributed by atoms with van der Waals surface area (Å²) in [7, 11) is -0.683. The van der Waals surface area contributed by atoms with E-state index in [1.165, 1.54) is 7.05 Å². The second-order valence-electron chi connectivity index (χ2n) is 7.42. The fourth-order valence-electron chi connectivity index (χ4n) is 3.81. The number of fused-ring (bicyclic) bond motifs is 1. The molecule has 1 unspecified atom stereocenters. The highest BCUT2D eigenvalue weighted by Gasteiger charge is 2.30. The Morgan fingerprint density at radius 1 is 1.25 bits per heavy atom. The Morgan fingerprint density at radius 2 is 2.06 bits per heavy atom. The summed E-state index contributed by atoms with van der Waals surface area (Å²) in [6.45, 7) is 0. The number of anilines is 1. The molecule has 4 N–H and O–H groups in total. The van der Waals surface area contributed by atoms with E-state index in [0.29, 0.717) is 35.8 Å². The molecule has 1 heterocycles. The smallest absolute Gasteiger partial charge is 0.258 e. The van der Waals surface area contributed by atoms with E-state index in [1.54, 1.807) is 25.2 Å². The van der Waals surface area contributed by atoms with Gasteiger partial charge in [0.1, 0.15) is 11.5 Å². The number of hydrogen-bond acceptors (Lipinski definition) is 8. The van der Waals surface area contributed by atoms with Gasteiger partial charge in [0.05, 0.1) is 5.69 Å². The Kier molecular flexibility index (Phi) is 5.85. The molecule has 32 heavy (non-hydrogen) atoms. The second kappa shape index (κ2) is 8.60. The number of rotatable bonds is 7. The van der Waals surface area contributed by atoms with Crippen LogP contribution in [-0.4, -0.2) is 49.4 Å². The molecular weight excluding hydrogens is 434 g/mol. The number of carbonyl (C=O) groups is 1. The molecule has 1 atom stereocenters. The third kappa shape index (κ3) is 4.30. The van der Waals surface area contributed by atoms with Crippen LogP contribution in [0.1, 0.15) is 23.6 Å². The molecular formula is C21H23N5O5S. The highest BCUT2D eigenvalue weighted by Crippen LogP contribution is 2.38. The third-order valence-corrected chi connectivity index (χ3v) is 6.66. The fourth-order valence-corrected chi connectivity index (χ4v) is 5.06. The molecule has 0 aliphatic heterocycles. The Labute approximate surface area is 185 Å². The van der Waals surface area contributed by atoms with Crippen molar-refractivity contribution in [1.29, 1.82) is 0 Å². The third-order valence-electron chi connectivity index (χ3n) is 5.37. The predicted molar refractivity (Wildman–Crippen MR) is 118 cm³/mol. The van der Waals surface area contributed by atoms with E-state index < -0.39 is 27.7 Å². The lowest BCUT2D eigenvalue weighted by molar-refractivity contribution is -0.118. The zero-order valence-electron chi connectivity index (χ0n) is 17.5. The van der Waals surface area contributed by atoms with Crippen LogP contribution in [0, 0.1) is 0 Å². The van der Waals surface area contributed by atoms with Crippen molar-refractivity contribution in [2.45, 2.75) is 18.9 Å². The molecule has 0 fully saturated rings. The summed E-state index contributed by atoms with van der Waals surface area (Å²) in [5.41, 5.74) is 3.72. The van der Waals surface area contributed by atoms with Crippen molar-refractivity contribution in [3.63, 3.8) is 0 Å². The molecule has 4 rings (SSSR count). The number of aromatic hydroxyl groups is 1. The maximum atomic E-state index is 12.3. The van der Waals surface area contributed by atoms with Gasteiger partial charge in [0.2, 0.25) is 21.8 Å². The lowest BCUT2D eigenvalue weighted by Gasteiger charge is -2.14. The van der Waals surface area contributed by atoms with Crippen LogP contribution in [0.4, 0.5) is 5.69 Å². The minimum Gasteiger partial charge on any atom is -0.506 e. The van der Waals surface area contributed by atoms with Gasteiger partial charge in [-0.05, 0) is 42.2 Å². The highest BCUT2D eigenvalue weighted by molar-refractivity contribution is 7.90. The average molecular weight is 458 g/mol. The van der Waals surface area contributed by atoms with Gasteiger partial charge in [-0.1, -0.05) is 23.4 Å². The SMILES string of the molecule is CNC(=O)CS(=O)(=O)NC1CCc2c(-c3noc(-c4ccc(O)c(NC)c4)n3)cccc21. The van der Waals surface area contributed by atoms with Gasteiger partial charge in [0.15, 0.2) is 0 Å². The Morgan fingerprint density at radius 3 is 2.81 bits per heavy atom. The van der Waals surface area contributed by atoms with E-state index in [1.807, 2.05) is 18.2 Å². The first kappa shape index (κ1) is 21.8. The molecule has 1 aliphatic rings. The average Bonchev–Trinajstić information content (AvgIpc) is 3.41. The Bertz CT molecular complexity index is 1270. The number of benzene rings is 2. The quantitative estimate of drug-likeness (QED) is 0.393. The van der Waals surface area contributed by atoms with E-state index in [9.17, 15) is 18.3 Å². The fraction of sp³-hybridized carbons (Fsp3) is 0.286. The summed E-state index contributed by atoms with van der Waals surface area (Å²) in [6, 6.07) is 10.0. The van der Waals surface area contributed by atoms with E-state index >= 15 is 0 Å². The lowest BCUT2D eigenvalue weighted by Crippen LogP contribution is -2.36. The van der Waals surface area contributed by atoms with Crippen LogP contribution in [0.3, 0.4) is 0 Å². The number of amides is 1. The number of phenols is 1. The van der Waals surface area contributed by atoms with Crippen LogP contribution >= 0.6 is 0 Å². The number of hydrogen-bond donors (Lipinski definition) is 4. The summed E-state index contributed by atoms with van der Waals surface area (Å²) in [6.07, 6.45) is 1.19. The van der Waals surface area contributed by atoms with Crippen molar-refractivity contribution in [2.75, 3.05) is 25.2 Å². The highest BCUT2D eigenvalue weighted by atomic mass is 32.2. The van der Waals surface area contributed by atoms with Crippen LogP contribution in [-0.2, 0) is 21.2 Å². The maximum absolute atomic E-state index is 12.3. The van der Waals surface area contributed by atoms with Crippen molar-refractivity contribution in [3.8, 4) is 28.6 Å². The minimum absolute atomic E-state index is 0.113. The molecule has 0 spiro atoms. The van der Waals surface area contributed by atoms with Crippen LogP contribution in [0.25, 0.3) is 22.8 Å². The first-order chi connectivity index (χ1) is 15.3. The number of phenolic OH excluding ortho intramolecular Hbond substituents is 1. The Balaban J connectivity index is 1.61. The van der Waals surface area contributed by atoms with Crippen LogP contribution in [0.15, 0.2) is 40.9 Å². The van der Waals surface area contributed by atoms with E-state index in [0.717, 1.165) is 16.7 Å². The summed E-state index contributed by atoms with van der Waals surface area (Å²) in [5.74, 6) is -0.384. The van der Waals surface area contributed by atoms with Gasteiger partial charge >= 0.3 is 0 Å². The number of nitrogens with zero attached hydrogens (tertiary/aromatic N) is 2. The van der Waals surface area contributed by atoms with Gasteiger partial charge in [-0.15, -0.1) is 0 Å². The van der Waals surface area contributed by atoms with Crippen molar-refractivity contribution in [2.24, 2.45) is 0 Å². The van der Waals surface area contributed by atoms with Crippen molar-refractivity contribution >= 4 is 21.6 Å². The first-order valence-corrected chi connectivity index (χ1v) is 11.6. The largest absolute Gasteiger partial charge is 0.506 e. The predicted octanol–water partition coefficient (Wildman–Crippen LogP) is 1.80. The summed E-state index contributed by atoms with van der Waals surface area (Å²) >= 11 is 0. The van der Waals surface area contributed by atoms with Crippen molar-refractivity contribution in [1.82, 2.24) is 20.2 Å². The van der Waals surface area contributed by atoms with Crippen LogP contribution in [0.2, 0.25) is 0 Å². The monoisotopic (exact) mass is 457 g/mol. The molecule has 0 saturated carbocycles. The second-order valence-corrected chi connectivity index (χ2v) is 9.17. The maximum Gasteiger partial charge on any atom is 0.258 e. The molecule has 2 aromatic carbocycles. The van der Waals surface area contributed by atoms with E-state index in [2.05, 4.69) is 25.5 Å². The number of aromatic nitrogens is 2. The first-order valence-electron chi connectivity index (χ1n) is 9.99. The standard InChI is InChI=1S/C21H23N5O5S/c1-22-17-10-12(6-9-18(17)27)21-24-20(25-31-21)15-5-3-4-14-13(15)7-8-16(14)26-32(29,30)11-19(28)23-2/h3-6,9-10,16,22,26-27H,7-8,11H2,1-2H3,(H,23,28). The lowest BCUT2D eigenvalue weighted by atomic mass is 10.0. The molecule has 3 aromatic rings. The molecule has 0 radical (unpaired) electrons. The molecule has 1 aliphatic carbocycles. The molecule has 168 valence electrons. The Hall–Kier alpha value is -3.44. The van der Waals surface area contributed by atoms with Gasteiger partial charge in [-0.25, -0.2) is 13.1 Å². The van der Waals surface area contributed by atoms with Gasteiger partial charge in [0, 0.05) is 31.3 Å². The van der Waals surface area contributed by atoms with Crippen LogP contribution < -0.4 is 15.4 Å². The summed E-state index contributed by atoms with van der Waals surface area (Å²) in [5, 5.41) is 19.2. The topological polar surface area (TPSA) is 146 Å². The van der Waals surface area contributed by atoms with Crippen molar-refractivity contribution in [3.05, 3.63) is 47.5 Å². The molecule has 0 saturated heterocycles. The van der Waals surface area contributed by atoms with E-state index in [-0.39, 0.29) is 5.75 Å². The molecule has 0 bridgehead atoms. The van der Waals surface area contributed by atoms with Gasteiger partial charge in [-0.2, -0.15) is 4.98 Å². The van der Waals surface area contributed by atoms with Crippen molar-refractivity contribution < 1.29 is 22.8 Å².